The van der Waals surface area contributed by atoms with Crippen molar-refractivity contribution in [3.05, 3.63) is 81.7 Å². The normalized spacial score (nSPS) is 22.9. The van der Waals surface area contributed by atoms with E-state index in [1.807, 2.05) is 17.0 Å². The monoisotopic (exact) mass is 916 g/mol. The standard InChI is InChI=1S/C20H22F3N5O4.C19H22BrN5O4/c1-24-17(29)15-7-14(32-26-15)10-28(18(30)31)13-8-19(9-13)3-5-27(11-19)16-6-12(2-4-25-16)20(21,22)23;1-21-17(26)15-6-14(29-23-15)10-25(18(27)28)13-7-19(8-13)4-5-24(11-19)16-3-2-12(20)9-22-16/h2,4,6-7,13H,3,5,8-11H2,1H3,(H,24,29)(H,30,31);2-3,6,9,13H,4-5,7-8,10-11H2,1H3,(H,21,26)(H,27,28). The molecular formula is C39H44BrF3N10O8. The molecule has 6 heterocycles. The molecule has 18 nitrogen and oxygen atoms in total. The third-order valence-corrected chi connectivity index (χ3v) is 12.5. The molecule has 326 valence electrons. The third kappa shape index (κ3) is 9.52. The van der Waals surface area contributed by atoms with Crippen molar-refractivity contribution in [3.8, 4) is 0 Å². The highest BCUT2D eigenvalue weighted by atomic mass is 79.9. The van der Waals surface area contributed by atoms with E-state index in [2.05, 4.69) is 51.7 Å². The smallest absolute Gasteiger partial charge is 0.416 e. The van der Waals surface area contributed by atoms with Gasteiger partial charge < -0.3 is 39.7 Å². The Hall–Kier alpha value is -5.93. The van der Waals surface area contributed by atoms with Gasteiger partial charge in [0, 0.05) is 81.4 Å². The minimum atomic E-state index is -4.43. The van der Waals surface area contributed by atoms with Crippen molar-refractivity contribution in [1.82, 2.24) is 40.7 Å². The molecule has 0 unspecified atom stereocenters. The summed E-state index contributed by atoms with van der Waals surface area (Å²) >= 11 is 3.40. The number of nitrogens with one attached hydrogen (secondary N) is 2. The lowest BCUT2D eigenvalue weighted by Gasteiger charge is -2.48. The van der Waals surface area contributed by atoms with Crippen LogP contribution < -0.4 is 20.4 Å². The molecule has 0 atom stereocenters. The minimum Gasteiger partial charge on any atom is -0.465 e. The fourth-order valence-electron chi connectivity index (χ4n) is 8.86. The summed E-state index contributed by atoms with van der Waals surface area (Å²) in [6, 6.07) is 8.53. The van der Waals surface area contributed by atoms with Gasteiger partial charge in [0.1, 0.15) is 11.6 Å². The molecule has 4 N–H and O–H groups in total. The van der Waals surface area contributed by atoms with Gasteiger partial charge in [-0.25, -0.2) is 19.6 Å². The number of hydrogen-bond donors (Lipinski definition) is 4. The molecule has 4 aliphatic rings. The van der Waals surface area contributed by atoms with Crippen LogP contribution in [0.15, 0.2) is 62.3 Å². The molecule has 2 aliphatic carbocycles. The Morgan fingerprint density at radius 2 is 1.28 bits per heavy atom. The van der Waals surface area contributed by atoms with E-state index in [4.69, 9.17) is 9.05 Å². The molecule has 4 aromatic rings. The van der Waals surface area contributed by atoms with Crippen molar-refractivity contribution in [2.24, 2.45) is 10.8 Å². The third-order valence-electron chi connectivity index (χ3n) is 12.0. The number of amides is 4. The number of rotatable bonds is 10. The summed E-state index contributed by atoms with van der Waals surface area (Å²) in [6.45, 7) is 2.93. The van der Waals surface area contributed by atoms with Crippen LogP contribution in [0.3, 0.4) is 0 Å². The molecular weight excluding hydrogens is 873 g/mol. The first kappa shape index (κ1) is 43.2. The highest BCUT2D eigenvalue weighted by Gasteiger charge is 2.53. The maximum absolute atomic E-state index is 13.0. The predicted molar refractivity (Wildman–Crippen MR) is 213 cm³/mol. The number of nitrogens with zero attached hydrogens (tertiary/aromatic N) is 8. The van der Waals surface area contributed by atoms with Crippen LogP contribution in [-0.4, -0.2) is 117 Å². The highest BCUT2D eigenvalue weighted by molar-refractivity contribution is 9.10. The summed E-state index contributed by atoms with van der Waals surface area (Å²) in [5, 5.41) is 31.6. The Morgan fingerprint density at radius 3 is 1.70 bits per heavy atom. The van der Waals surface area contributed by atoms with Crippen molar-refractivity contribution in [3.63, 3.8) is 0 Å². The topological polar surface area (TPSA) is 224 Å². The molecule has 0 bridgehead atoms. The van der Waals surface area contributed by atoms with Gasteiger partial charge in [-0.15, -0.1) is 0 Å². The van der Waals surface area contributed by atoms with Gasteiger partial charge >= 0.3 is 18.4 Å². The van der Waals surface area contributed by atoms with Gasteiger partial charge in [0.2, 0.25) is 0 Å². The van der Waals surface area contributed by atoms with E-state index < -0.39 is 29.8 Å². The first-order valence-electron chi connectivity index (χ1n) is 19.5. The molecule has 4 amide bonds. The van der Waals surface area contributed by atoms with E-state index in [1.165, 1.54) is 36.0 Å². The molecule has 0 radical (unpaired) electrons. The van der Waals surface area contributed by atoms with Crippen molar-refractivity contribution < 1.29 is 51.6 Å². The van der Waals surface area contributed by atoms with Gasteiger partial charge in [-0.05, 0) is 89.6 Å². The number of carboxylic acid groups (broad SMARTS) is 2. The molecule has 4 fully saturated rings. The zero-order chi connectivity index (χ0) is 43.7. The van der Waals surface area contributed by atoms with Crippen molar-refractivity contribution >= 4 is 51.6 Å². The lowest BCUT2D eigenvalue weighted by molar-refractivity contribution is -0.137. The van der Waals surface area contributed by atoms with Gasteiger partial charge in [0.05, 0.1) is 18.7 Å². The molecule has 2 aliphatic heterocycles. The van der Waals surface area contributed by atoms with Crippen molar-refractivity contribution in [2.45, 2.75) is 69.9 Å². The summed E-state index contributed by atoms with van der Waals surface area (Å²) in [7, 11) is 2.95. The van der Waals surface area contributed by atoms with Gasteiger partial charge in [0.15, 0.2) is 22.9 Å². The summed E-state index contributed by atoms with van der Waals surface area (Å²) in [6.07, 6.45) is 0.975. The number of halogens is 4. The van der Waals surface area contributed by atoms with Gasteiger partial charge in [-0.1, -0.05) is 10.3 Å². The van der Waals surface area contributed by atoms with Crippen LogP contribution in [0.1, 0.15) is 76.6 Å². The van der Waals surface area contributed by atoms with E-state index in [0.29, 0.717) is 31.7 Å². The number of carbonyl (C=O) groups is 4. The Morgan fingerprint density at radius 1 is 0.787 bits per heavy atom. The van der Waals surface area contributed by atoms with Gasteiger partial charge in [-0.3, -0.25) is 19.4 Å². The average Bonchev–Trinajstić information content (AvgIpc) is 4.04. The second-order valence-corrected chi connectivity index (χ2v) is 17.0. The van der Waals surface area contributed by atoms with Crippen LogP contribution in [0.2, 0.25) is 0 Å². The maximum atomic E-state index is 13.0. The van der Waals surface area contributed by atoms with E-state index >= 15 is 0 Å². The largest absolute Gasteiger partial charge is 0.465 e. The van der Waals surface area contributed by atoms with Gasteiger partial charge in [0.25, 0.3) is 11.8 Å². The quantitative estimate of drug-likeness (QED) is 0.150. The summed E-state index contributed by atoms with van der Waals surface area (Å²) < 4.78 is 50.2. The Balaban J connectivity index is 0.000000185. The fraction of sp³-hybridized carbons (Fsp3) is 0.487. The molecule has 0 aromatic carbocycles. The van der Waals surface area contributed by atoms with Gasteiger partial charge in [-0.2, -0.15) is 13.2 Å². The van der Waals surface area contributed by atoms with Crippen LogP contribution in [-0.2, 0) is 19.3 Å². The second kappa shape index (κ2) is 17.2. The van der Waals surface area contributed by atoms with E-state index in [-0.39, 0.29) is 64.9 Å². The Kier molecular flexibility index (Phi) is 12.2. The number of aromatic nitrogens is 4. The molecule has 2 saturated carbocycles. The first-order valence-corrected chi connectivity index (χ1v) is 20.3. The minimum absolute atomic E-state index is 0.0427. The molecule has 4 aromatic heterocycles. The first-order chi connectivity index (χ1) is 29.0. The van der Waals surface area contributed by atoms with Crippen LogP contribution in [0.5, 0.6) is 0 Å². The molecule has 8 rings (SSSR count). The SMILES string of the molecule is CNC(=O)c1cc(CN(C(=O)O)C2CC3(CCN(c4cc(C(F)(F)F)ccn4)C3)C2)on1.CNC(=O)c1cc(CN(C(=O)O)C2CC3(CCN(c4ccc(Br)cn4)C3)C2)on1. The number of hydrogen-bond acceptors (Lipinski definition) is 12. The fourth-order valence-corrected chi connectivity index (χ4v) is 9.09. The lowest BCUT2D eigenvalue weighted by Crippen LogP contribution is -2.53. The molecule has 2 spiro atoms. The average molecular weight is 918 g/mol. The Bertz CT molecular complexity index is 2240. The van der Waals surface area contributed by atoms with Crippen molar-refractivity contribution in [1.29, 1.82) is 0 Å². The van der Waals surface area contributed by atoms with Crippen molar-refractivity contribution in [2.75, 3.05) is 50.1 Å². The summed E-state index contributed by atoms with van der Waals surface area (Å²) in [4.78, 5) is 62.1. The maximum Gasteiger partial charge on any atom is 0.416 e. The summed E-state index contributed by atoms with van der Waals surface area (Å²) in [5.41, 5.74) is -0.565. The lowest BCUT2D eigenvalue weighted by atomic mass is 9.64. The van der Waals surface area contributed by atoms with Crippen LogP contribution in [0.4, 0.5) is 34.4 Å². The molecule has 22 heteroatoms. The predicted octanol–water partition coefficient (Wildman–Crippen LogP) is 5.72. The zero-order valence-corrected chi connectivity index (χ0v) is 34.8. The van der Waals surface area contributed by atoms with E-state index in [1.54, 1.807) is 6.20 Å². The summed E-state index contributed by atoms with van der Waals surface area (Å²) in [5.74, 6) is 1.05. The Labute approximate surface area is 355 Å². The number of anilines is 2. The molecule has 61 heavy (non-hydrogen) atoms. The van der Waals surface area contributed by atoms with E-state index in [0.717, 1.165) is 67.4 Å². The number of carbonyl (C=O) groups excluding carboxylic acids is 2. The number of alkyl halides is 3. The zero-order valence-electron chi connectivity index (χ0n) is 33.2. The van der Waals surface area contributed by atoms with Crippen LogP contribution in [0.25, 0.3) is 0 Å². The number of pyridine rings is 2. The van der Waals surface area contributed by atoms with E-state index in [9.17, 15) is 42.6 Å². The van der Waals surface area contributed by atoms with Crippen LogP contribution >= 0.6 is 15.9 Å². The highest BCUT2D eigenvalue weighted by Crippen LogP contribution is 2.52. The second-order valence-electron chi connectivity index (χ2n) is 16.0. The van der Waals surface area contributed by atoms with Crippen LogP contribution in [0, 0.1) is 10.8 Å². The molecule has 2 saturated heterocycles.